The molecule has 0 aromatic rings. The largest absolute Gasteiger partial charge is 0.507 e. The third kappa shape index (κ3) is 7.32. The lowest BCUT2D eigenvalue weighted by atomic mass is 10.1. The molecule has 0 aliphatic carbocycles. The first kappa shape index (κ1) is 9.32. The van der Waals surface area contributed by atoms with Crippen molar-refractivity contribution < 1.29 is 5.11 Å². The molecule has 0 fully saturated rings. The smallest absolute Gasteiger partial charge is 0.121 e. The van der Waals surface area contributed by atoms with Gasteiger partial charge in [0.25, 0.3) is 0 Å². The van der Waals surface area contributed by atoms with Gasteiger partial charge in [-0.05, 0) is 24.8 Å². The Morgan fingerprint density at radius 2 is 2.20 bits per heavy atom. The van der Waals surface area contributed by atoms with E-state index in [4.69, 9.17) is 5.11 Å². The molecule has 0 heterocycles. The van der Waals surface area contributed by atoms with Crippen molar-refractivity contribution in [1.82, 2.24) is 0 Å². The summed E-state index contributed by atoms with van der Waals surface area (Å²) >= 11 is 0. The van der Waals surface area contributed by atoms with E-state index in [-0.39, 0.29) is 0 Å². The van der Waals surface area contributed by atoms with E-state index in [1.807, 2.05) is 6.08 Å². The minimum Gasteiger partial charge on any atom is -0.507 e. The molecule has 0 rings (SSSR count). The monoisotopic (exact) mass is 140 g/mol. The zero-order valence-corrected chi connectivity index (χ0v) is 6.80. The number of rotatable bonds is 4. The standard InChI is InChI=1S/C9H16O/c1-9(2)7-5-3-4-6-8-10/h4,8-10H,3,5,7H2,1-2H3. The summed E-state index contributed by atoms with van der Waals surface area (Å²) in [5.41, 5.74) is 2.63. The van der Waals surface area contributed by atoms with Crippen LogP contribution >= 0.6 is 0 Å². The third-order valence-electron chi connectivity index (χ3n) is 1.32. The van der Waals surface area contributed by atoms with Crippen LogP contribution in [0.5, 0.6) is 0 Å². The highest BCUT2D eigenvalue weighted by atomic mass is 16.2. The van der Waals surface area contributed by atoms with Crippen LogP contribution in [0.2, 0.25) is 0 Å². The zero-order chi connectivity index (χ0) is 7.82. The summed E-state index contributed by atoms with van der Waals surface area (Å²) < 4.78 is 0. The molecule has 1 N–H and O–H groups in total. The fraction of sp³-hybridized carbons (Fsp3) is 0.667. The third-order valence-corrected chi connectivity index (χ3v) is 1.32. The van der Waals surface area contributed by atoms with Crippen LogP contribution in [0.15, 0.2) is 18.1 Å². The van der Waals surface area contributed by atoms with E-state index in [0.717, 1.165) is 18.6 Å². The summed E-state index contributed by atoms with van der Waals surface area (Å²) in [6.07, 6.45) is 6.29. The average Bonchev–Trinajstić information content (AvgIpc) is 1.87. The van der Waals surface area contributed by atoms with E-state index in [2.05, 4.69) is 19.6 Å². The average molecular weight is 140 g/mol. The van der Waals surface area contributed by atoms with Crippen molar-refractivity contribution in [3.63, 3.8) is 0 Å². The second-order valence-corrected chi connectivity index (χ2v) is 2.82. The summed E-state index contributed by atoms with van der Waals surface area (Å²) in [6, 6.07) is 0. The number of allylic oxidation sites excluding steroid dienone is 1. The summed E-state index contributed by atoms with van der Waals surface area (Å²) in [6.45, 7) is 4.43. The van der Waals surface area contributed by atoms with Crippen LogP contribution in [0.3, 0.4) is 0 Å². The van der Waals surface area contributed by atoms with Gasteiger partial charge in [-0.1, -0.05) is 26.0 Å². The summed E-state index contributed by atoms with van der Waals surface area (Å²) in [4.78, 5) is 0. The SMILES string of the molecule is CC(C)CCCC=C=CO. The van der Waals surface area contributed by atoms with E-state index < -0.39 is 0 Å². The molecule has 58 valence electrons. The Balaban J connectivity index is 3.13. The van der Waals surface area contributed by atoms with Crippen molar-refractivity contribution in [2.75, 3.05) is 0 Å². The van der Waals surface area contributed by atoms with Gasteiger partial charge in [-0.3, -0.25) is 0 Å². The summed E-state index contributed by atoms with van der Waals surface area (Å²) in [5.74, 6) is 0.784. The maximum atomic E-state index is 8.21. The van der Waals surface area contributed by atoms with Gasteiger partial charge in [0, 0.05) is 0 Å². The van der Waals surface area contributed by atoms with Gasteiger partial charge < -0.3 is 5.11 Å². The van der Waals surface area contributed by atoms with Crippen LogP contribution in [0, 0.1) is 5.92 Å². The Kier molecular flexibility index (Phi) is 6.00. The topological polar surface area (TPSA) is 20.2 Å². The number of hydrogen-bond acceptors (Lipinski definition) is 1. The number of aliphatic hydroxyl groups is 1. The van der Waals surface area contributed by atoms with Crippen molar-refractivity contribution in [2.45, 2.75) is 33.1 Å². The first-order chi connectivity index (χ1) is 4.77. The molecule has 10 heavy (non-hydrogen) atoms. The van der Waals surface area contributed by atoms with E-state index in [9.17, 15) is 0 Å². The molecular formula is C9H16O. The van der Waals surface area contributed by atoms with Gasteiger partial charge in [-0.2, -0.15) is 0 Å². The Morgan fingerprint density at radius 3 is 2.70 bits per heavy atom. The molecule has 0 aliphatic heterocycles. The summed E-state index contributed by atoms with van der Waals surface area (Å²) in [5, 5.41) is 8.21. The lowest BCUT2D eigenvalue weighted by Crippen LogP contribution is -1.84. The molecule has 0 aromatic heterocycles. The minimum atomic E-state index is 0.784. The van der Waals surface area contributed by atoms with Crippen LogP contribution in [0.25, 0.3) is 0 Å². The van der Waals surface area contributed by atoms with Gasteiger partial charge in [-0.15, -0.1) is 0 Å². The summed E-state index contributed by atoms with van der Waals surface area (Å²) in [7, 11) is 0. The Morgan fingerprint density at radius 1 is 1.50 bits per heavy atom. The number of unbranched alkanes of at least 4 members (excludes halogenated alkanes) is 1. The van der Waals surface area contributed by atoms with E-state index >= 15 is 0 Å². The second kappa shape index (κ2) is 6.44. The highest BCUT2D eigenvalue weighted by molar-refractivity contribution is 4.78. The van der Waals surface area contributed by atoms with Crippen LogP contribution in [0.4, 0.5) is 0 Å². The number of aliphatic hydroxyl groups excluding tert-OH is 1. The lowest BCUT2D eigenvalue weighted by molar-refractivity contribution is 0.474. The first-order valence-electron chi connectivity index (χ1n) is 3.81. The predicted molar refractivity (Wildman–Crippen MR) is 44.0 cm³/mol. The highest BCUT2D eigenvalue weighted by Crippen LogP contribution is 2.05. The van der Waals surface area contributed by atoms with Gasteiger partial charge in [-0.25, -0.2) is 0 Å². The van der Waals surface area contributed by atoms with Gasteiger partial charge in [0.1, 0.15) is 6.26 Å². The molecule has 0 aromatic carbocycles. The molecule has 0 spiro atoms. The maximum absolute atomic E-state index is 8.21. The fourth-order valence-corrected chi connectivity index (χ4v) is 0.764. The van der Waals surface area contributed by atoms with Crippen molar-refractivity contribution >= 4 is 0 Å². The molecule has 0 saturated carbocycles. The maximum Gasteiger partial charge on any atom is 0.121 e. The lowest BCUT2D eigenvalue weighted by Gasteiger charge is -1.99. The van der Waals surface area contributed by atoms with Crippen LogP contribution in [0.1, 0.15) is 33.1 Å². The van der Waals surface area contributed by atoms with Crippen molar-refractivity contribution in [3.8, 4) is 0 Å². The van der Waals surface area contributed by atoms with Gasteiger partial charge in [0.05, 0.1) is 0 Å². The van der Waals surface area contributed by atoms with Crippen molar-refractivity contribution in [3.05, 3.63) is 18.1 Å². The van der Waals surface area contributed by atoms with Crippen LogP contribution in [-0.2, 0) is 0 Å². The normalized spacial score (nSPS) is 9.10. The predicted octanol–water partition coefficient (Wildman–Crippen LogP) is 3.04. The molecule has 1 heteroatoms. The molecule has 1 nitrogen and oxygen atoms in total. The van der Waals surface area contributed by atoms with Gasteiger partial charge in [0.2, 0.25) is 0 Å². The van der Waals surface area contributed by atoms with Crippen molar-refractivity contribution in [1.29, 1.82) is 0 Å². The first-order valence-corrected chi connectivity index (χ1v) is 3.81. The molecule has 0 atom stereocenters. The molecule has 0 amide bonds. The Bertz CT molecular complexity index is 119. The molecular weight excluding hydrogens is 124 g/mol. The Labute approximate surface area is 63.1 Å². The van der Waals surface area contributed by atoms with E-state index in [1.165, 1.54) is 12.8 Å². The molecule has 0 bridgehead atoms. The highest BCUT2D eigenvalue weighted by Gasteiger charge is 1.90. The van der Waals surface area contributed by atoms with Crippen LogP contribution in [-0.4, -0.2) is 5.11 Å². The second-order valence-electron chi connectivity index (χ2n) is 2.82. The number of hydrogen-bond donors (Lipinski definition) is 1. The zero-order valence-electron chi connectivity index (χ0n) is 6.80. The molecule has 0 unspecified atom stereocenters. The minimum absolute atomic E-state index is 0.784. The van der Waals surface area contributed by atoms with Gasteiger partial charge in [0.15, 0.2) is 0 Å². The quantitative estimate of drug-likeness (QED) is 0.361. The van der Waals surface area contributed by atoms with E-state index in [0.29, 0.717) is 0 Å². The molecule has 0 saturated heterocycles. The van der Waals surface area contributed by atoms with Crippen LogP contribution < -0.4 is 0 Å². The van der Waals surface area contributed by atoms with Crippen molar-refractivity contribution in [2.24, 2.45) is 5.92 Å². The van der Waals surface area contributed by atoms with Gasteiger partial charge >= 0.3 is 0 Å². The molecule has 0 aliphatic rings. The molecule has 0 radical (unpaired) electrons. The Hall–Kier alpha value is -0.680. The fourth-order valence-electron chi connectivity index (χ4n) is 0.764. The van der Waals surface area contributed by atoms with E-state index in [1.54, 1.807) is 0 Å².